The first-order valence-corrected chi connectivity index (χ1v) is 8.25. The van der Waals surface area contributed by atoms with Crippen molar-refractivity contribution in [3.63, 3.8) is 0 Å². The maximum atomic E-state index is 3.88. The quantitative estimate of drug-likeness (QED) is 0.817. The van der Waals surface area contributed by atoms with Crippen molar-refractivity contribution >= 4 is 0 Å². The number of hydrogen-bond acceptors (Lipinski definition) is 1. The van der Waals surface area contributed by atoms with E-state index >= 15 is 0 Å². The fraction of sp³-hybridized carbons (Fsp3) is 0.400. The van der Waals surface area contributed by atoms with Crippen LogP contribution in [0.25, 0.3) is 11.1 Å². The van der Waals surface area contributed by atoms with Crippen LogP contribution in [0.2, 0.25) is 0 Å². The van der Waals surface area contributed by atoms with Gasteiger partial charge in [-0.3, -0.25) is 0 Å². The van der Waals surface area contributed by atoms with Gasteiger partial charge in [-0.05, 0) is 46.9 Å². The molecule has 2 aromatic carbocycles. The van der Waals surface area contributed by atoms with Gasteiger partial charge in [0.25, 0.3) is 0 Å². The zero-order chi connectivity index (χ0) is 14.3. The van der Waals surface area contributed by atoms with Gasteiger partial charge in [-0.1, -0.05) is 61.9 Å². The molecule has 0 bridgehead atoms. The molecule has 1 nitrogen and oxygen atoms in total. The van der Waals surface area contributed by atoms with E-state index < -0.39 is 0 Å². The van der Waals surface area contributed by atoms with Crippen molar-refractivity contribution in [1.82, 2.24) is 5.32 Å². The Bertz CT molecular complexity index is 609. The van der Waals surface area contributed by atoms with Gasteiger partial charge in [0.05, 0.1) is 6.04 Å². The highest BCUT2D eigenvalue weighted by atomic mass is 14.9. The molecule has 0 atom stereocenters. The maximum Gasteiger partial charge on any atom is 0.0589 e. The van der Waals surface area contributed by atoms with Crippen LogP contribution >= 0.6 is 0 Å². The standard InChI is InChI=1S/C20H23N/c1-2-11-20(12-13-20)14-21-19-17-9-5-3-7-15(17)16-8-4-6-10-18(16)19/h3-10,19,21H,2,11-14H2,1H3. The second-order valence-corrected chi connectivity index (χ2v) is 6.74. The summed E-state index contributed by atoms with van der Waals surface area (Å²) in [6.45, 7) is 3.47. The summed E-state index contributed by atoms with van der Waals surface area (Å²) >= 11 is 0. The molecule has 0 aromatic heterocycles. The van der Waals surface area contributed by atoms with E-state index in [4.69, 9.17) is 0 Å². The Hall–Kier alpha value is -1.60. The molecule has 2 aliphatic rings. The molecule has 4 rings (SSSR count). The summed E-state index contributed by atoms with van der Waals surface area (Å²) in [5.41, 5.74) is 6.31. The summed E-state index contributed by atoms with van der Waals surface area (Å²) in [6, 6.07) is 18.1. The van der Waals surface area contributed by atoms with Crippen molar-refractivity contribution in [3.05, 3.63) is 59.7 Å². The van der Waals surface area contributed by atoms with Crippen LogP contribution in [0.15, 0.2) is 48.5 Å². The largest absolute Gasteiger partial charge is 0.306 e. The van der Waals surface area contributed by atoms with Crippen LogP contribution in [0.4, 0.5) is 0 Å². The summed E-state index contributed by atoms with van der Waals surface area (Å²) in [4.78, 5) is 0. The highest BCUT2D eigenvalue weighted by Crippen LogP contribution is 2.50. The second kappa shape index (κ2) is 4.99. The van der Waals surface area contributed by atoms with Crippen LogP contribution in [0.5, 0.6) is 0 Å². The van der Waals surface area contributed by atoms with Gasteiger partial charge in [-0.2, -0.15) is 0 Å². The minimum absolute atomic E-state index is 0.381. The van der Waals surface area contributed by atoms with Crippen LogP contribution in [-0.2, 0) is 0 Å². The molecule has 0 radical (unpaired) electrons. The third-order valence-electron chi connectivity index (χ3n) is 5.25. The molecule has 0 unspecified atom stereocenters. The fourth-order valence-corrected chi connectivity index (χ4v) is 3.92. The van der Waals surface area contributed by atoms with E-state index in [0.29, 0.717) is 11.5 Å². The lowest BCUT2D eigenvalue weighted by atomic mass is 9.98. The van der Waals surface area contributed by atoms with E-state index in [1.165, 1.54) is 47.9 Å². The van der Waals surface area contributed by atoms with Gasteiger partial charge in [-0.15, -0.1) is 0 Å². The molecule has 2 aliphatic carbocycles. The molecule has 0 amide bonds. The minimum atomic E-state index is 0.381. The summed E-state index contributed by atoms with van der Waals surface area (Å²) in [5.74, 6) is 0. The third-order valence-corrected chi connectivity index (χ3v) is 5.25. The molecule has 21 heavy (non-hydrogen) atoms. The molecule has 0 spiro atoms. The monoisotopic (exact) mass is 277 g/mol. The summed E-state index contributed by atoms with van der Waals surface area (Å²) in [7, 11) is 0. The number of nitrogens with one attached hydrogen (secondary N) is 1. The fourth-order valence-electron chi connectivity index (χ4n) is 3.92. The first-order chi connectivity index (χ1) is 10.3. The van der Waals surface area contributed by atoms with Crippen molar-refractivity contribution in [1.29, 1.82) is 0 Å². The number of fused-ring (bicyclic) bond motifs is 3. The Balaban J connectivity index is 1.63. The highest BCUT2D eigenvalue weighted by molar-refractivity contribution is 5.78. The van der Waals surface area contributed by atoms with E-state index in [9.17, 15) is 0 Å². The van der Waals surface area contributed by atoms with E-state index in [1.807, 2.05) is 0 Å². The normalized spacial score (nSPS) is 18.3. The molecule has 1 heteroatoms. The molecular weight excluding hydrogens is 254 g/mol. The number of benzene rings is 2. The molecular formula is C20H23N. The zero-order valence-electron chi connectivity index (χ0n) is 12.7. The van der Waals surface area contributed by atoms with Gasteiger partial charge < -0.3 is 5.32 Å². The lowest BCUT2D eigenvalue weighted by molar-refractivity contribution is 0.406. The molecule has 0 heterocycles. The van der Waals surface area contributed by atoms with Crippen LogP contribution in [0.1, 0.15) is 49.8 Å². The van der Waals surface area contributed by atoms with Gasteiger partial charge in [0.2, 0.25) is 0 Å². The number of hydrogen-bond donors (Lipinski definition) is 1. The number of rotatable bonds is 5. The van der Waals surface area contributed by atoms with Crippen LogP contribution in [0, 0.1) is 5.41 Å². The average molecular weight is 277 g/mol. The van der Waals surface area contributed by atoms with Gasteiger partial charge in [0.1, 0.15) is 0 Å². The Morgan fingerprint density at radius 3 is 2.05 bits per heavy atom. The van der Waals surface area contributed by atoms with Crippen molar-refractivity contribution < 1.29 is 0 Å². The zero-order valence-corrected chi connectivity index (χ0v) is 12.7. The molecule has 1 N–H and O–H groups in total. The molecule has 1 fully saturated rings. The van der Waals surface area contributed by atoms with Crippen LogP contribution < -0.4 is 5.32 Å². The summed E-state index contributed by atoms with van der Waals surface area (Å²) in [5, 5.41) is 3.88. The van der Waals surface area contributed by atoms with E-state index in [1.54, 1.807) is 0 Å². The Morgan fingerprint density at radius 1 is 0.952 bits per heavy atom. The lowest BCUT2D eigenvalue weighted by Crippen LogP contribution is -2.28. The van der Waals surface area contributed by atoms with E-state index in [2.05, 4.69) is 60.8 Å². The topological polar surface area (TPSA) is 12.0 Å². The minimum Gasteiger partial charge on any atom is -0.306 e. The molecule has 0 saturated heterocycles. The third kappa shape index (κ3) is 2.20. The maximum absolute atomic E-state index is 3.88. The summed E-state index contributed by atoms with van der Waals surface area (Å²) in [6.07, 6.45) is 5.49. The Labute approximate surface area is 127 Å². The first kappa shape index (κ1) is 13.1. The molecule has 108 valence electrons. The van der Waals surface area contributed by atoms with Gasteiger partial charge in [0, 0.05) is 6.54 Å². The lowest BCUT2D eigenvalue weighted by Gasteiger charge is -2.21. The van der Waals surface area contributed by atoms with Gasteiger partial charge in [0.15, 0.2) is 0 Å². The average Bonchev–Trinajstić information content (AvgIpc) is 3.21. The van der Waals surface area contributed by atoms with Crippen molar-refractivity contribution in [2.45, 2.75) is 38.6 Å². The molecule has 2 aromatic rings. The van der Waals surface area contributed by atoms with Gasteiger partial charge >= 0.3 is 0 Å². The van der Waals surface area contributed by atoms with Crippen molar-refractivity contribution in [2.24, 2.45) is 5.41 Å². The van der Waals surface area contributed by atoms with Crippen molar-refractivity contribution in [3.8, 4) is 11.1 Å². The predicted molar refractivity (Wildman–Crippen MR) is 88.3 cm³/mol. The first-order valence-electron chi connectivity index (χ1n) is 8.25. The summed E-state index contributed by atoms with van der Waals surface area (Å²) < 4.78 is 0. The second-order valence-electron chi connectivity index (χ2n) is 6.74. The predicted octanol–water partition coefficient (Wildman–Crippen LogP) is 4.93. The molecule has 0 aliphatic heterocycles. The SMILES string of the molecule is CCCC1(CNC2c3ccccc3-c3ccccc32)CC1. The molecule has 1 saturated carbocycles. The van der Waals surface area contributed by atoms with E-state index in [0.717, 1.165) is 6.54 Å². The smallest absolute Gasteiger partial charge is 0.0589 e. The van der Waals surface area contributed by atoms with Crippen LogP contribution in [-0.4, -0.2) is 6.54 Å². The van der Waals surface area contributed by atoms with Crippen molar-refractivity contribution in [2.75, 3.05) is 6.54 Å². The van der Waals surface area contributed by atoms with Gasteiger partial charge in [-0.25, -0.2) is 0 Å². The Morgan fingerprint density at radius 2 is 1.52 bits per heavy atom. The Kier molecular flexibility index (Phi) is 3.11. The highest BCUT2D eigenvalue weighted by Gasteiger charge is 2.42. The van der Waals surface area contributed by atoms with Crippen LogP contribution in [0.3, 0.4) is 0 Å². The van der Waals surface area contributed by atoms with E-state index in [-0.39, 0.29) is 0 Å².